The first-order valence-corrected chi connectivity index (χ1v) is 9.08. The minimum atomic E-state index is -1.28. The van der Waals surface area contributed by atoms with Gasteiger partial charge < -0.3 is 14.8 Å². The molecule has 0 radical (unpaired) electrons. The van der Waals surface area contributed by atoms with Gasteiger partial charge in [-0.25, -0.2) is 14.2 Å². The predicted octanol–water partition coefficient (Wildman–Crippen LogP) is 1.08. The van der Waals surface area contributed by atoms with E-state index < -0.39 is 12.3 Å². The summed E-state index contributed by atoms with van der Waals surface area (Å²) in [5, 5.41) is 5.85. The Morgan fingerprint density at radius 2 is 2.44 bits per heavy atom. The lowest BCUT2D eigenvalue weighted by Gasteiger charge is -2.37. The summed E-state index contributed by atoms with van der Waals surface area (Å²) in [6, 6.07) is -0.0958. The normalized spacial score (nSPS) is 29.4. The average molecular weight is 366 g/mol. The minimum absolute atomic E-state index is 0.173. The van der Waals surface area contributed by atoms with Gasteiger partial charge in [0.05, 0.1) is 31.9 Å². The zero-order chi connectivity index (χ0) is 17.4. The number of hydrogen-bond donors (Lipinski definition) is 1. The molecule has 2 saturated heterocycles. The molecule has 3 atom stereocenters. The number of nitrogens with zero attached hydrogens (tertiary/aromatic N) is 3. The van der Waals surface area contributed by atoms with E-state index in [1.54, 1.807) is 6.20 Å². The minimum Gasteiger partial charge on any atom is -0.466 e. The van der Waals surface area contributed by atoms with Gasteiger partial charge in [0, 0.05) is 29.9 Å². The molecule has 0 aliphatic carbocycles. The van der Waals surface area contributed by atoms with Crippen molar-refractivity contribution in [3.8, 4) is 0 Å². The molecular weight excluding hydrogens is 347 g/mol. The molecule has 3 unspecified atom stereocenters. The molecule has 1 N–H and O–H groups in total. The number of hydrogen-bond acceptors (Lipinski definition) is 8. The van der Waals surface area contributed by atoms with Gasteiger partial charge in [0.15, 0.2) is 10.8 Å². The van der Waals surface area contributed by atoms with Crippen LogP contribution in [0.1, 0.15) is 17.8 Å². The molecule has 3 aliphatic heterocycles. The van der Waals surface area contributed by atoms with Crippen molar-refractivity contribution in [1.82, 2.24) is 15.2 Å². The fourth-order valence-corrected chi connectivity index (χ4v) is 4.19. The van der Waals surface area contributed by atoms with Gasteiger partial charge in [0.2, 0.25) is 6.36 Å². The van der Waals surface area contributed by atoms with Crippen LogP contribution in [0.25, 0.3) is 0 Å². The Morgan fingerprint density at radius 1 is 1.56 bits per heavy atom. The lowest BCUT2D eigenvalue weighted by atomic mass is 10.1. The second kappa shape index (κ2) is 6.81. The summed E-state index contributed by atoms with van der Waals surface area (Å²) in [6.07, 6.45) is 2.09. The van der Waals surface area contributed by atoms with Gasteiger partial charge in [-0.2, -0.15) is 0 Å². The summed E-state index contributed by atoms with van der Waals surface area (Å²) >= 11 is 1.47. The molecule has 1 aromatic heterocycles. The molecule has 1 aromatic rings. The molecule has 0 spiro atoms. The Bertz CT molecular complexity index is 721. The van der Waals surface area contributed by atoms with E-state index in [-0.39, 0.29) is 18.6 Å². The number of morpholine rings is 1. The van der Waals surface area contributed by atoms with E-state index in [1.807, 2.05) is 5.38 Å². The van der Waals surface area contributed by atoms with Crippen molar-refractivity contribution in [1.29, 1.82) is 0 Å². The summed E-state index contributed by atoms with van der Waals surface area (Å²) in [7, 11) is 1.35. The van der Waals surface area contributed by atoms with Gasteiger partial charge in [-0.1, -0.05) is 0 Å². The highest BCUT2D eigenvalue weighted by Crippen LogP contribution is 2.34. The summed E-state index contributed by atoms with van der Waals surface area (Å²) in [5.41, 5.74) is 1.18. The number of carbonyl (C=O) groups excluding carboxylic acids is 1. The molecule has 25 heavy (non-hydrogen) atoms. The molecule has 2 bridgehead atoms. The van der Waals surface area contributed by atoms with Crippen LogP contribution in [0.3, 0.4) is 0 Å². The van der Waals surface area contributed by atoms with Crippen LogP contribution in [0.2, 0.25) is 0 Å². The maximum absolute atomic E-state index is 14.1. The number of halogens is 1. The van der Waals surface area contributed by atoms with Crippen molar-refractivity contribution in [3.63, 3.8) is 0 Å². The molecule has 3 aliphatic rings. The third-order valence-corrected chi connectivity index (χ3v) is 5.66. The van der Waals surface area contributed by atoms with Crippen LogP contribution < -0.4 is 5.32 Å². The summed E-state index contributed by atoms with van der Waals surface area (Å²) in [5.74, 6) is 0.219. The average Bonchev–Trinajstić information content (AvgIpc) is 3.25. The summed E-state index contributed by atoms with van der Waals surface area (Å²) in [6.45, 7) is 1.04. The summed E-state index contributed by atoms with van der Waals surface area (Å²) in [4.78, 5) is 22.9. The third-order valence-electron chi connectivity index (χ3n) is 4.88. The van der Waals surface area contributed by atoms with E-state index in [1.165, 1.54) is 18.4 Å². The number of methoxy groups -OCH3 is 1. The van der Waals surface area contributed by atoms with Crippen LogP contribution in [-0.4, -0.2) is 66.9 Å². The van der Waals surface area contributed by atoms with E-state index in [9.17, 15) is 9.18 Å². The lowest BCUT2D eigenvalue weighted by Crippen LogP contribution is -2.52. The molecular formula is C16H19FN4O3S. The number of rotatable bonds is 4. The molecule has 9 heteroatoms. The molecule has 4 heterocycles. The van der Waals surface area contributed by atoms with Crippen LogP contribution in [0.15, 0.2) is 27.8 Å². The first kappa shape index (κ1) is 16.6. The van der Waals surface area contributed by atoms with Gasteiger partial charge >= 0.3 is 5.97 Å². The second-order valence-corrected chi connectivity index (χ2v) is 7.13. The lowest BCUT2D eigenvalue weighted by molar-refractivity contribution is -0.137. The first-order valence-electron chi connectivity index (χ1n) is 8.20. The van der Waals surface area contributed by atoms with E-state index in [4.69, 9.17) is 9.47 Å². The molecule has 0 amide bonds. The second-order valence-electron chi connectivity index (χ2n) is 6.23. The number of ether oxygens (including phenoxy) is 2. The van der Waals surface area contributed by atoms with Crippen LogP contribution in [-0.2, 0) is 14.3 Å². The van der Waals surface area contributed by atoms with Gasteiger partial charge in [0.1, 0.15) is 0 Å². The first-order chi connectivity index (χ1) is 12.2. The van der Waals surface area contributed by atoms with E-state index in [0.29, 0.717) is 30.3 Å². The Kier molecular flexibility index (Phi) is 4.53. The van der Waals surface area contributed by atoms with Crippen molar-refractivity contribution in [2.75, 3.05) is 26.8 Å². The Labute approximate surface area is 148 Å². The number of aliphatic imine (C=N–C) groups is 1. The summed E-state index contributed by atoms with van der Waals surface area (Å²) < 4.78 is 24.2. The van der Waals surface area contributed by atoms with Crippen LogP contribution in [0.5, 0.6) is 0 Å². The smallest absolute Gasteiger partial charge is 0.337 e. The number of nitrogens with one attached hydrogen (secondary N) is 1. The topological polar surface area (TPSA) is 76.0 Å². The molecule has 4 rings (SSSR count). The molecule has 7 nitrogen and oxygen atoms in total. The number of thiazole rings is 1. The fraction of sp³-hybridized carbons (Fsp3) is 0.562. The monoisotopic (exact) mass is 366 g/mol. The number of fused-ring (bicyclic) bond motifs is 2. The number of amidine groups is 1. The number of esters is 1. The van der Waals surface area contributed by atoms with E-state index in [2.05, 4.69) is 20.2 Å². The van der Waals surface area contributed by atoms with Crippen molar-refractivity contribution in [3.05, 3.63) is 27.9 Å². The molecule has 0 aromatic carbocycles. The van der Waals surface area contributed by atoms with Gasteiger partial charge in [-0.15, -0.1) is 11.3 Å². The predicted molar refractivity (Wildman–Crippen MR) is 90.1 cm³/mol. The molecule has 134 valence electrons. The van der Waals surface area contributed by atoms with Crippen molar-refractivity contribution >= 4 is 23.1 Å². The highest BCUT2D eigenvalue weighted by molar-refractivity contribution is 7.11. The standard InChI is InChI=1S/C16H19FN4O3S/c1-23-16(22)10-6-19-14(15-18-4-5-25-15)20-11(10)7-21-9-2-3-12(21)13(17)24-8-9/h4-5,9,12-13H,2-3,6-8H2,1H3,(H,19,20). The van der Waals surface area contributed by atoms with Crippen LogP contribution in [0, 0.1) is 0 Å². The zero-order valence-electron chi connectivity index (χ0n) is 13.8. The Hall–Kier alpha value is -1.84. The van der Waals surface area contributed by atoms with E-state index >= 15 is 0 Å². The van der Waals surface area contributed by atoms with Crippen molar-refractivity contribution < 1.29 is 18.7 Å². The largest absolute Gasteiger partial charge is 0.466 e. The highest BCUT2D eigenvalue weighted by Gasteiger charge is 2.44. The number of carbonyl (C=O) groups is 1. The Morgan fingerprint density at radius 3 is 3.20 bits per heavy atom. The maximum atomic E-state index is 14.1. The van der Waals surface area contributed by atoms with E-state index in [0.717, 1.165) is 17.8 Å². The number of aromatic nitrogens is 1. The van der Waals surface area contributed by atoms with Crippen LogP contribution >= 0.6 is 11.3 Å². The van der Waals surface area contributed by atoms with Gasteiger partial charge in [-0.05, 0) is 12.8 Å². The zero-order valence-corrected chi connectivity index (χ0v) is 14.6. The number of alkyl halides is 1. The molecule has 2 fully saturated rings. The Balaban J connectivity index is 1.59. The highest BCUT2D eigenvalue weighted by atomic mass is 32.1. The van der Waals surface area contributed by atoms with Crippen LogP contribution in [0.4, 0.5) is 4.39 Å². The van der Waals surface area contributed by atoms with Crippen molar-refractivity contribution in [2.45, 2.75) is 31.3 Å². The quantitative estimate of drug-likeness (QED) is 0.804. The third kappa shape index (κ3) is 3.07. The van der Waals surface area contributed by atoms with Crippen molar-refractivity contribution in [2.24, 2.45) is 4.99 Å². The molecule has 0 saturated carbocycles. The fourth-order valence-electron chi connectivity index (χ4n) is 3.59. The van der Waals surface area contributed by atoms with Gasteiger partial charge in [0.25, 0.3) is 0 Å². The SMILES string of the molecule is COC(=O)C1=C(CN2C3CCC2C(F)OC3)NC(c2nccs2)=NC1. The maximum Gasteiger partial charge on any atom is 0.337 e. The van der Waals surface area contributed by atoms with Gasteiger partial charge in [-0.3, -0.25) is 9.89 Å².